The van der Waals surface area contributed by atoms with E-state index in [-0.39, 0.29) is 11.3 Å². The number of benzene rings is 2. The first-order valence-electron chi connectivity index (χ1n) is 9.28. The highest BCUT2D eigenvalue weighted by atomic mass is 16.2. The van der Waals surface area contributed by atoms with Gasteiger partial charge in [0.1, 0.15) is 0 Å². The number of fused-ring (bicyclic) bond motifs is 1. The number of carbonyl (C=O) groups excluding carboxylic acids is 1. The molecule has 0 unspecified atom stereocenters. The predicted molar refractivity (Wildman–Crippen MR) is 116 cm³/mol. The van der Waals surface area contributed by atoms with Crippen LogP contribution in [0.15, 0.2) is 53.6 Å². The molecule has 0 aliphatic heterocycles. The van der Waals surface area contributed by atoms with E-state index in [1.54, 1.807) is 6.21 Å². The SMILES string of the molecule is C#CCn1c(C)c(/C=N\NC(=O)c2ccc(C(C)(C)C)cc2)c2ccccc21. The summed E-state index contributed by atoms with van der Waals surface area (Å²) >= 11 is 0. The number of hydrogen-bond acceptors (Lipinski definition) is 2. The van der Waals surface area contributed by atoms with Crippen LogP contribution in [0.5, 0.6) is 0 Å². The molecule has 1 heterocycles. The van der Waals surface area contributed by atoms with Crippen LogP contribution in [-0.4, -0.2) is 16.7 Å². The summed E-state index contributed by atoms with van der Waals surface area (Å²) in [6.07, 6.45) is 7.20. The normalized spacial score (nSPS) is 11.7. The number of para-hydroxylation sites is 1. The van der Waals surface area contributed by atoms with Gasteiger partial charge in [-0.1, -0.05) is 57.0 Å². The highest BCUT2D eigenvalue weighted by Crippen LogP contribution is 2.24. The number of terminal acetylenes is 1. The fraction of sp³-hybridized carbons (Fsp3) is 0.250. The van der Waals surface area contributed by atoms with Gasteiger partial charge in [-0.05, 0) is 36.1 Å². The molecular formula is C24H25N3O. The Morgan fingerprint density at radius 3 is 2.50 bits per heavy atom. The molecule has 2 aromatic carbocycles. The van der Waals surface area contributed by atoms with Gasteiger partial charge in [-0.3, -0.25) is 4.79 Å². The predicted octanol–water partition coefficient (Wildman–Crippen LogP) is 4.64. The molecule has 0 aliphatic carbocycles. The lowest BCUT2D eigenvalue weighted by Crippen LogP contribution is -2.18. The Balaban J connectivity index is 1.81. The van der Waals surface area contributed by atoms with Gasteiger partial charge in [-0.25, -0.2) is 5.43 Å². The van der Waals surface area contributed by atoms with Crippen LogP contribution in [0.3, 0.4) is 0 Å². The second-order valence-corrected chi connectivity index (χ2v) is 7.83. The van der Waals surface area contributed by atoms with Crippen molar-refractivity contribution in [2.45, 2.75) is 39.7 Å². The first-order valence-corrected chi connectivity index (χ1v) is 9.28. The van der Waals surface area contributed by atoms with E-state index >= 15 is 0 Å². The molecule has 4 heteroatoms. The molecule has 0 aliphatic rings. The fourth-order valence-electron chi connectivity index (χ4n) is 3.26. The van der Waals surface area contributed by atoms with Gasteiger partial charge in [0.15, 0.2) is 0 Å². The minimum absolute atomic E-state index is 0.0529. The van der Waals surface area contributed by atoms with E-state index in [9.17, 15) is 4.79 Å². The van der Waals surface area contributed by atoms with Gasteiger partial charge in [-0.15, -0.1) is 6.42 Å². The summed E-state index contributed by atoms with van der Waals surface area (Å²) in [5, 5.41) is 5.24. The van der Waals surface area contributed by atoms with Crippen LogP contribution in [0.1, 0.15) is 48.0 Å². The third-order valence-electron chi connectivity index (χ3n) is 4.90. The number of amides is 1. The molecule has 3 rings (SSSR count). The molecule has 0 saturated heterocycles. The smallest absolute Gasteiger partial charge is 0.271 e. The number of rotatable bonds is 4. The lowest BCUT2D eigenvalue weighted by molar-refractivity contribution is 0.0955. The van der Waals surface area contributed by atoms with Gasteiger partial charge in [0.2, 0.25) is 0 Å². The van der Waals surface area contributed by atoms with E-state index in [1.807, 2.05) is 55.5 Å². The van der Waals surface area contributed by atoms with Gasteiger partial charge >= 0.3 is 0 Å². The highest BCUT2D eigenvalue weighted by molar-refractivity contribution is 6.02. The maximum atomic E-state index is 12.4. The van der Waals surface area contributed by atoms with Crippen LogP contribution in [0.4, 0.5) is 0 Å². The van der Waals surface area contributed by atoms with Crippen molar-refractivity contribution in [3.63, 3.8) is 0 Å². The van der Waals surface area contributed by atoms with E-state index in [0.717, 1.165) is 22.2 Å². The van der Waals surface area contributed by atoms with Gasteiger partial charge in [0.25, 0.3) is 5.91 Å². The molecule has 0 fully saturated rings. The average molecular weight is 371 g/mol. The average Bonchev–Trinajstić information content (AvgIpc) is 2.93. The number of hydrogen-bond donors (Lipinski definition) is 1. The topological polar surface area (TPSA) is 46.4 Å². The molecule has 1 aromatic heterocycles. The summed E-state index contributed by atoms with van der Waals surface area (Å²) in [6, 6.07) is 15.7. The Kier molecular flexibility index (Phi) is 5.37. The zero-order valence-corrected chi connectivity index (χ0v) is 16.8. The van der Waals surface area contributed by atoms with Crippen molar-refractivity contribution >= 4 is 23.0 Å². The number of carbonyl (C=O) groups is 1. The van der Waals surface area contributed by atoms with E-state index in [1.165, 1.54) is 5.56 Å². The van der Waals surface area contributed by atoms with Gasteiger partial charge in [0.05, 0.1) is 12.8 Å². The van der Waals surface area contributed by atoms with Crippen molar-refractivity contribution in [3.05, 3.63) is 70.9 Å². The van der Waals surface area contributed by atoms with Gasteiger partial charge < -0.3 is 4.57 Å². The molecule has 0 atom stereocenters. The van der Waals surface area contributed by atoms with Crippen LogP contribution in [-0.2, 0) is 12.0 Å². The van der Waals surface area contributed by atoms with Crippen molar-refractivity contribution in [2.24, 2.45) is 5.10 Å². The molecule has 1 amide bonds. The molecule has 3 aromatic rings. The van der Waals surface area contributed by atoms with Gasteiger partial charge in [-0.2, -0.15) is 5.10 Å². The Bertz CT molecular complexity index is 1070. The molecule has 0 bridgehead atoms. The first-order chi connectivity index (χ1) is 13.3. The van der Waals surface area contributed by atoms with E-state index in [2.05, 4.69) is 41.8 Å². The largest absolute Gasteiger partial charge is 0.333 e. The molecule has 0 spiro atoms. The van der Waals surface area contributed by atoms with Crippen molar-refractivity contribution in [2.75, 3.05) is 0 Å². The summed E-state index contributed by atoms with van der Waals surface area (Å²) in [4.78, 5) is 12.4. The maximum absolute atomic E-state index is 12.4. The Morgan fingerprint density at radius 2 is 1.86 bits per heavy atom. The van der Waals surface area contributed by atoms with Crippen molar-refractivity contribution in [1.29, 1.82) is 0 Å². The van der Waals surface area contributed by atoms with Crippen LogP contribution in [0.25, 0.3) is 10.9 Å². The third kappa shape index (κ3) is 3.84. The molecule has 142 valence electrons. The molecule has 0 radical (unpaired) electrons. The zero-order valence-electron chi connectivity index (χ0n) is 16.8. The van der Waals surface area contributed by atoms with Crippen LogP contribution in [0.2, 0.25) is 0 Å². The number of aromatic nitrogens is 1. The quantitative estimate of drug-likeness (QED) is 0.405. The molecule has 1 N–H and O–H groups in total. The lowest BCUT2D eigenvalue weighted by atomic mass is 9.87. The summed E-state index contributed by atoms with van der Waals surface area (Å²) in [6.45, 7) is 8.93. The van der Waals surface area contributed by atoms with Crippen LogP contribution < -0.4 is 5.43 Å². The van der Waals surface area contributed by atoms with Crippen molar-refractivity contribution in [3.8, 4) is 12.3 Å². The second kappa shape index (κ2) is 7.74. The summed E-state index contributed by atoms with van der Waals surface area (Å²) in [7, 11) is 0. The lowest BCUT2D eigenvalue weighted by Gasteiger charge is -2.18. The fourth-order valence-corrected chi connectivity index (χ4v) is 3.26. The zero-order chi connectivity index (χ0) is 20.3. The standard InChI is InChI=1S/C24H25N3O/c1-6-15-27-17(2)21(20-9-7-8-10-22(20)27)16-25-26-23(28)18-11-13-19(14-12-18)24(3,4)5/h1,7-14,16H,15H2,2-5H3,(H,26,28)/b25-16-. The van der Waals surface area contributed by atoms with E-state index < -0.39 is 0 Å². The third-order valence-corrected chi connectivity index (χ3v) is 4.90. The number of nitrogens with zero attached hydrogens (tertiary/aromatic N) is 2. The maximum Gasteiger partial charge on any atom is 0.271 e. The second-order valence-electron chi connectivity index (χ2n) is 7.83. The van der Waals surface area contributed by atoms with Crippen molar-refractivity contribution in [1.82, 2.24) is 9.99 Å². The monoisotopic (exact) mass is 371 g/mol. The Labute approximate surface area is 166 Å². The summed E-state index contributed by atoms with van der Waals surface area (Å²) in [5.74, 6) is 2.46. The number of nitrogens with one attached hydrogen (secondary N) is 1. The Hall–Kier alpha value is -3.32. The molecule has 28 heavy (non-hydrogen) atoms. The van der Waals surface area contributed by atoms with Crippen LogP contribution >= 0.6 is 0 Å². The number of hydrazone groups is 1. The molecule has 4 nitrogen and oxygen atoms in total. The molecular weight excluding hydrogens is 346 g/mol. The summed E-state index contributed by atoms with van der Waals surface area (Å²) in [5.41, 5.74) is 7.47. The van der Waals surface area contributed by atoms with Gasteiger partial charge in [0, 0.05) is 27.7 Å². The minimum Gasteiger partial charge on any atom is -0.333 e. The first kappa shape index (κ1) is 19.4. The van der Waals surface area contributed by atoms with Crippen molar-refractivity contribution < 1.29 is 4.79 Å². The molecule has 0 saturated carbocycles. The van der Waals surface area contributed by atoms with Crippen LogP contribution in [0, 0.1) is 19.3 Å². The van der Waals surface area contributed by atoms with E-state index in [0.29, 0.717) is 12.1 Å². The minimum atomic E-state index is -0.235. The Morgan fingerprint density at radius 1 is 1.18 bits per heavy atom. The highest BCUT2D eigenvalue weighted by Gasteiger charge is 2.14. The van der Waals surface area contributed by atoms with E-state index in [4.69, 9.17) is 6.42 Å². The summed E-state index contributed by atoms with van der Waals surface area (Å²) < 4.78 is 2.07.